The number of ketones is 1. The summed E-state index contributed by atoms with van der Waals surface area (Å²) in [5.74, 6) is 0.416. The molecular weight excluding hydrogens is 164 g/mol. The number of hydrogen-bond donors (Lipinski definition) is 0. The van der Waals surface area contributed by atoms with Crippen LogP contribution in [0.5, 0.6) is 0 Å². The zero-order valence-corrected chi connectivity index (χ0v) is 8.97. The summed E-state index contributed by atoms with van der Waals surface area (Å²) in [4.78, 5) is 11.1. The first kappa shape index (κ1) is 12.6. The average molecular weight is 186 g/mol. The molecule has 0 aliphatic heterocycles. The zero-order chi connectivity index (χ0) is 9.94. The van der Waals surface area contributed by atoms with E-state index in [1.54, 1.807) is 0 Å². The Morgan fingerprint density at radius 2 is 1.85 bits per heavy atom. The van der Waals surface area contributed by atoms with Crippen LogP contribution in [0.25, 0.3) is 0 Å². The largest absolute Gasteiger partial charge is 0.382 e. The van der Waals surface area contributed by atoms with Gasteiger partial charge >= 0.3 is 0 Å². The number of carbonyl (C=O) groups excluding carboxylic acids is 1. The molecule has 0 atom stereocenters. The highest BCUT2D eigenvalue weighted by molar-refractivity contribution is 5.78. The number of Topliss-reactive ketones (excluding diaryl/α,β-unsaturated/α-hetero) is 1. The van der Waals surface area contributed by atoms with Crippen molar-refractivity contribution >= 4 is 5.78 Å². The van der Waals surface area contributed by atoms with E-state index < -0.39 is 0 Å². The van der Waals surface area contributed by atoms with Crippen molar-refractivity contribution < 1.29 is 9.53 Å². The maximum absolute atomic E-state index is 11.1. The summed E-state index contributed by atoms with van der Waals surface area (Å²) in [6.45, 7) is 5.70. The Morgan fingerprint density at radius 1 is 1.08 bits per heavy atom. The quantitative estimate of drug-likeness (QED) is 0.517. The third-order valence-electron chi connectivity index (χ3n) is 1.98. The van der Waals surface area contributed by atoms with Crippen molar-refractivity contribution in [1.82, 2.24) is 0 Å². The number of rotatable bonds is 9. The van der Waals surface area contributed by atoms with Crippen molar-refractivity contribution in [2.75, 3.05) is 13.2 Å². The Hall–Kier alpha value is -0.370. The van der Waals surface area contributed by atoms with Crippen molar-refractivity contribution in [3.63, 3.8) is 0 Å². The third kappa shape index (κ3) is 9.54. The van der Waals surface area contributed by atoms with Crippen molar-refractivity contribution in [1.29, 1.82) is 0 Å². The Labute approximate surface area is 81.7 Å². The molecular formula is C11H22O2. The summed E-state index contributed by atoms with van der Waals surface area (Å²) in [6, 6.07) is 0. The summed E-state index contributed by atoms with van der Waals surface area (Å²) < 4.78 is 5.20. The number of carbonyl (C=O) groups is 1. The zero-order valence-electron chi connectivity index (χ0n) is 8.97. The lowest BCUT2D eigenvalue weighted by atomic mass is 10.1. The van der Waals surface area contributed by atoms with Crippen molar-refractivity contribution in [3.8, 4) is 0 Å². The van der Waals surface area contributed by atoms with Gasteiger partial charge in [0.25, 0.3) is 0 Å². The molecule has 0 unspecified atom stereocenters. The molecule has 0 aromatic heterocycles. The van der Waals surface area contributed by atoms with Crippen LogP contribution in [0.4, 0.5) is 0 Å². The molecule has 0 aliphatic carbocycles. The Kier molecular flexibility index (Phi) is 9.44. The second kappa shape index (κ2) is 9.72. The van der Waals surface area contributed by atoms with Gasteiger partial charge in [-0.15, -0.1) is 0 Å². The van der Waals surface area contributed by atoms with Gasteiger partial charge in [-0.3, -0.25) is 4.79 Å². The van der Waals surface area contributed by atoms with Crippen LogP contribution in [-0.4, -0.2) is 19.0 Å². The van der Waals surface area contributed by atoms with Crippen molar-refractivity contribution in [2.45, 2.75) is 52.4 Å². The number of ether oxygens (including phenoxy) is 1. The molecule has 0 N–H and O–H groups in total. The summed E-state index contributed by atoms with van der Waals surface area (Å²) >= 11 is 0. The van der Waals surface area contributed by atoms with Crippen molar-refractivity contribution in [2.24, 2.45) is 0 Å². The van der Waals surface area contributed by atoms with E-state index in [0.29, 0.717) is 5.78 Å². The van der Waals surface area contributed by atoms with Gasteiger partial charge in [0.2, 0.25) is 0 Å². The van der Waals surface area contributed by atoms with Crippen LogP contribution in [0.2, 0.25) is 0 Å². The van der Waals surface area contributed by atoms with E-state index in [0.717, 1.165) is 51.7 Å². The molecule has 0 spiro atoms. The van der Waals surface area contributed by atoms with Crippen molar-refractivity contribution in [3.05, 3.63) is 0 Å². The molecule has 0 saturated heterocycles. The van der Waals surface area contributed by atoms with Gasteiger partial charge in [0.05, 0.1) is 0 Å². The van der Waals surface area contributed by atoms with Crippen LogP contribution < -0.4 is 0 Å². The fraction of sp³-hybridized carbons (Fsp3) is 0.909. The predicted molar refractivity (Wildman–Crippen MR) is 54.9 cm³/mol. The van der Waals surface area contributed by atoms with E-state index in [9.17, 15) is 4.79 Å². The maximum atomic E-state index is 11.1. The Balaban J connectivity index is 3.02. The molecule has 0 amide bonds. The minimum Gasteiger partial charge on any atom is -0.382 e. The van der Waals surface area contributed by atoms with Gasteiger partial charge < -0.3 is 4.74 Å². The Morgan fingerprint density at radius 3 is 2.46 bits per heavy atom. The Bertz CT molecular complexity index is 121. The third-order valence-corrected chi connectivity index (χ3v) is 1.98. The van der Waals surface area contributed by atoms with E-state index in [1.165, 1.54) is 0 Å². The monoisotopic (exact) mass is 186 g/mol. The summed E-state index contributed by atoms with van der Waals surface area (Å²) in [6.07, 6.45) is 5.75. The second-order valence-corrected chi connectivity index (χ2v) is 3.30. The van der Waals surface area contributed by atoms with E-state index in [1.807, 2.05) is 13.8 Å². The molecule has 0 radical (unpaired) electrons. The average Bonchev–Trinajstić information content (AvgIpc) is 2.11. The van der Waals surface area contributed by atoms with Crippen LogP contribution >= 0.6 is 0 Å². The highest BCUT2D eigenvalue weighted by Crippen LogP contribution is 2.03. The molecule has 2 heteroatoms. The van der Waals surface area contributed by atoms with Crippen LogP contribution in [0.1, 0.15) is 52.4 Å². The normalized spacial score (nSPS) is 10.3. The molecule has 0 fully saturated rings. The van der Waals surface area contributed by atoms with Gasteiger partial charge in [-0.2, -0.15) is 0 Å². The first-order valence-electron chi connectivity index (χ1n) is 5.40. The molecule has 0 bridgehead atoms. The standard InChI is InChI=1S/C11H22O2/c1-3-8-11(12)9-6-5-7-10-13-4-2/h3-10H2,1-2H3. The molecule has 0 aliphatic rings. The van der Waals surface area contributed by atoms with Crippen LogP contribution in [-0.2, 0) is 9.53 Å². The first-order chi connectivity index (χ1) is 6.31. The van der Waals surface area contributed by atoms with E-state index in [2.05, 4.69) is 0 Å². The lowest BCUT2D eigenvalue weighted by Crippen LogP contribution is -1.98. The molecule has 0 rings (SSSR count). The van der Waals surface area contributed by atoms with Gasteiger partial charge in [0.1, 0.15) is 5.78 Å². The summed E-state index contributed by atoms with van der Waals surface area (Å²) in [5.41, 5.74) is 0. The number of unbranched alkanes of at least 4 members (excludes halogenated alkanes) is 2. The van der Waals surface area contributed by atoms with Gasteiger partial charge in [-0.1, -0.05) is 13.3 Å². The molecule has 0 heterocycles. The van der Waals surface area contributed by atoms with E-state index >= 15 is 0 Å². The van der Waals surface area contributed by atoms with E-state index in [4.69, 9.17) is 4.74 Å². The topological polar surface area (TPSA) is 26.3 Å². The second-order valence-electron chi connectivity index (χ2n) is 3.30. The highest BCUT2D eigenvalue weighted by atomic mass is 16.5. The lowest BCUT2D eigenvalue weighted by molar-refractivity contribution is -0.119. The summed E-state index contributed by atoms with van der Waals surface area (Å²) in [5, 5.41) is 0. The maximum Gasteiger partial charge on any atom is 0.132 e. The minimum atomic E-state index is 0.416. The number of hydrogen-bond acceptors (Lipinski definition) is 2. The van der Waals surface area contributed by atoms with Crippen LogP contribution in [0.3, 0.4) is 0 Å². The smallest absolute Gasteiger partial charge is 0.132 e. The van der Waals surface area contributed by atoms with Crippen LogP contribution in [0, 0.1) is 0 Å². The highest BCUT2D eigenvalue weighted by Gasteiger charge is 1.99. The molecule has 2 nitrogen and oxygen atoms in total. The van der Waals surface area contributed by atoms with E-state index in [-0.39, 0.29) is 0 Å². The SMILES string of the molecule is CCCC(=O)CCCCCOCC. The molecule has 0 aromatic rings. The van der Waals surface area contributed by atoms with Crippen LogP contribution in [0.15, 0.2) is 0 Å². The van der Waals surface area contributed by atoms with Gasteiger partial charge in [0, 0.05) is 26.1 Å². The summed E-state index contributed by atoms with van der Waals surface area (Å²) in [7, 11) is 0. The van der Waals surface area contributed by atoms with Gasteiger partial charge in [0.15, 0.2) is 0 Å². The predicted octanol–water partition coefficient (Wildman–Crippen LogP) is 2.95. The van der Waals surface area contributed by atoms with Gasteiger partial charge in [-0.25, -0.2) is 0 Å². The lowest BCUT2D eigenvalue weighted by Gasteiger charge is -2.01. The first-order valence-corrected chi connectivity index (χ1v) is 5.40. The fourth-order valence-corrected chi connectivity index (χ4v) is 1.25. The van der Waals surface area contributed by atoms with Gasteiger partial charge in [-0.05, 0) is 26.2 Å². The minimum absolute atomic E-state index is 0.416. The molecule has 0 saturated carbocycles. The molecule has 13 heavy (non-hydrogen) atoms. The molecule has 0 aromatic carbocycles. The molecule has 78 valence electrons. The fourth-order valence-electron chi connectivity index (χ4n) is 1.25.